The number of hydrogen-bond donors (Lipinski definition) is 1. The second kappa shape index (κ2) is 13.3. The van der Waals surface area contributed by atoms with Gasteiger partial charge in [0, 0.05) is 19.0 Å². The first-order valence-corrected chi connectivity index (χ1v) is 16.1. The SMILES string of the molecule is Cc1cccc(CN(C(=O)CN(c2c(C)cccc2C)S(C)(=O)=O)[C@H](Cc2ccccc2)C(=O)NC2CCCC2)c1. The molecular formula is C33H41N3O4S. The van der Waals surface area contributed by atoms with Crippen molar-refractivity contribution >= 4 is 27.5 Å². The molecule has 8 heteroatoms. The number of nitrogens with one attached hydrogen (secondary N) is 1. The van der Waals surface area contributed by atoms with Gasteiger partial charge in [0.1, 0.15) is 12.6 Å². The van der Waals surface area contributed by atoms with Crippen LogP contribution in [0.4, 0.5) is 5.69 Å². The van der Waals surface area contributed by atoms with Gasteiger partial charge in [0.25, 0.3) is 0 Å². The summed E-state index contributed by atoms with van der Waals surface area (Å²) < 4.78 is 27.4. The number of aryl methyl sites for hydroxylation is 3. The van der Waals surface area contributed by atoms with Gasteiger partial charge in [0.2, 0.25) is 21.8 Å². The van der Waals surface area contributed by atoms with Gasteiger partial charge in [-0.25, -0.2) is 8.42 Å². The van der Waals surface area contributed by atoms with Gasteiger partial charge in [0.15, 0.2) is 0 Å². The fourth-order valence-electron chi connectivity index (χ4n) is 5.70. The highest BCUT2D eigenvalue weighted by atomic mass is 32.2. The molecule has 1 aliphatic rings. The number of nitrogens with zero attached hydrogens (tertiary/aromatic N) is 2. The summed E-state index contributed by atoms with van der Waals surface area (Å²) in [5, 5.41) is 3.20. The summed E-state index contributed by atoms with van der Waals surface area (Å²) >= 11 is 0. The van der Waals surface area contributed by atoms with E-state index < -0.39 is 28.5 Å². The highest BCUT2D eigenvalue weighted by Gasteiger charge is 2.34. The first-order valence-electron chi connectivity index (χ1n) is 14.3. The van der Waals surface area contributed by atoms with Crippen molar-refractivity contribution in [1.29, 1.82) is 0 Å². The third-order valence-electron chi connectivity index (χ3n) is 7.78. The summed E-state index contributed by atoms with van der Waals surface area (Å²) in [6, 6.07) is 22.3. The van der Waals surface area contributed by atoms with Crippen molar-refractivity contribution in [1.82, 2.24) is 10.2 Å². The summed E-state index contributed by atoms with van der Waals surface area (Å²) in [5.74, 6) is -0.637. The average molecular weight is 576 g/mol. The fourth-order valence-corrected chi connectivity index (χ4v) is 6.67. The largest absolute Gasteiger partial charge is 0.352 e. The van der Waals surface area contributed by atoms with E-state index in [-0.39, 0.29) is 18.5 Å². The third kappa shape index (κ3) is 7.97. The smallest absolute Gasteiger partial charge is 0.244 e. The molecule has 0 radical (unpaired) electrons. The Morgan fingerprint density at radius 1 is 0.878 bits per heavy atom. The summed E-state index contributed by atoms with van der Waals surface area (Å²) in [5.41, 5.74) is 4.85. The minimum atomic E-state index is -3.81. The molecular weight excluding hydrogens is 534 g/mol. The predicted molar refractivity (Wildman–Crippen MR) is 164 cm³/mol. The molecule has 4 rings (SSSR count). The number of para-hydroxylation sites is 1. The number of benzene rings is 3. The molecule has 1 N–H and O–H groups in total. The first kappa shape index (κ1) is 30.3. The summed E-state index contributed by atoms with van der Waals surface area (Å²) in [6.07, 6.45) is 5.41. The Morgan fingerprint density at radius 2 is 1.49 bits per heavy atom. The summed E-state index contributed by atoms with van der Waals surface area (Å²) in [4.78, 5) is 29.8. The van der Waals surface area contributed by atoms with Gasteiger partial charge in [-0.3, -0.25) is 13.9 Å². The molecule has 3 aromatic carbocycles. The highest BCUT2D eigenvalue weighted by Crippen LogP contribution is 2.28. The van der Waals surface area contributed by atoms with Crippen molar-refractivity contribution in [2.75, 3.05) is 17.1 Å². The standard InChI is InChI=1S/C33H41N3O4S/c1-24-12-10-17-28(20-24)22-35(31(37)23-36(41(4,39)40)32-25(2)13-11-14-26(32)3)30(21-27-15-6-5-7-16-27)33(38)34-29-18-8-9-19-29/h5-7,10-17,20,29-30H,8-9,18-19,21-23H2,1-4H3,(H,34,38)/t30-/m1/s1. The number of rotatable bonds is 11. The zero-order chi connectivity index (χ0) is 29.6. The molecule has 0 unspecified atom stereocenters. The van der Waals surface area contributed by atoms with Gasteiger partial charge in [-0.1, -0.05) is 91.2 Å². The van der Waals surface area contributed by atoms with E-state index in [1.165, 1.54) is 4.31 Å². The highest BCUT2D eigenvalue weighted by molar-refractivity contribution is 7.92. The quantitative estimate of drug-likeness (QED) is 0.346. The van der Waals surface area contributed by atoms with Crippen molar-refractivity contribution in [2.45, 2.75) is 71.5 Å². The van der Waals surface area contributed by atoms with Gasteiger partial charge in [-0.2, -0.15) is 0 Å². The molecule has 41 heavy (non-hydrogen) atoms. The lowest BCUT2D eigenvalue weighted by Crippen LogP contribution is -2.54. The van der Waals surface area contributed by atoms with Crippen molar-refractivity contribution in [3.63, 3.8) is 0 Å². The molecule has 218 valence electrons. The van der Waals surface area contributed by atoms with E-state index in [4.69, 9.17) is 0 Å². The number of carbonyl (C=O) groups excluding carboxylic acids is 2. The Kier molecular flexibility index (Phi) is 9.86. The van der Waals surface area contributed by atoms with E-state index in [2.05, 4.69) is 5.32 Å². The number of sulfonamides is 1. The van der Waals surface area contributed by atoms with Crippen LogP contribution in [0.15, 0.2) is 72.8 Å². The molecule has 0 bridgehead atoms. The Balaban J connectivity index is 1.75. The van der Waals surface area contributed by atoms with Crippen LogP contribution >= 0.6 is 0 Å². The van der Waals surface area contributed by atoms with E-state index in [0.717, 1.165) is 59.8 Å². The maximum Gasteiger partial charge on any atom is 0.244 e. The maximum absolute atomic E-state index is 14.3. The van der Waals surface area contributed by atoms with Crippen molar-refractivity contribution in [3.8, 4) is 0 Å². The molecule has 1 atom stereocenters. The number of carbonyl (C=O) groups is 2. The number of hydrogen-bond acceptors (Lipinski definition) is 4. The zero-order valence-electron chi connectivity index (χ0n) is 24.5. The van der Waals surface area contributed by atoms with Crippen LogP contribution in [0.25, 0.3) is 0 Å². The molecule has 3 aromatic rings. The number of amides is 2. The van der Waals surface area contributed by atoms with Crippen LogP contribution in [-0.2, 0) is 32.6 Å². The van der Waals surface area contributed by atoms with Crippen LogP contribution in [0.3, 0.4) is 0 Å². The molecule has 1 fully saturated rings. The van der Waals surface area contributed by atoms with Gasteiger partial charge >= 0.3 is 0 Å². The Morgan fingerprint density at radius 3 is 2.10 bits per heavy atom. The van der Waals surface area contributed by atoms with Gasteiger partial charge < -0.3 is 10.2 Å². The van der Waals surface area contributed by atoms with E-state index >= 15 is 0 Å². The van der Waals surface area contributed by atoms with E-state index in [1.807, 2.05) is 93.6 Å². The normalized spacial score (nSPS) is 14.4. The Bertz CT molecular complexity index is 1450. The van der Waals surface area contributed by atoms with Crippen LogP contribution < -0.4 is 9.62 Å². The van der Waals surface area contributed by atoms with Crippen LogP contribution in [0.1, 0.15) is 53.5 Å². The molecule has 1 aliphatic carbocycles. The predicted octanol–water partition coefficient (Wildman–Crippen LogP) is 5.08. The van der Waals surface area contributed by atoms with Gasteiger partial charge in [-0.05, 0) is 55.9 Å². The van der Waals surface area contributed by atoms with Gasteiger partial charge in [0.05, 0.1) is 11.9 Å². The molecule has 0 saturated heterocycles. The summed E-state index contributed by atoms with van der Waals surface area (Å²) in [7, 11) is -3.81. The van der Waals surface area contributed by atoms with Crippen LogP contribution in [-0.4, -0.2) is 50.0 Å². The molecule has 0 heterocycles. The second-order valence-corrected chi connectivity index (χ2v) is 13.1. The number of anilines is 1. The Labute approximate surface area is 244 Å². The topological polar surface area (TPSA) is 86.8 Å². The van der Waals surface area contributed by atoms with Gasteiger partial charge in [-0.15, -0.1) is 0 Å². The molecule has 0 aromatic heterocycles. The maximum atomic E-state index is 14.3. The molecule has 2 amide bonds. The van der Waals surface area contributed by atoms with Crippen LogP contribution in [0, 0.1) is 20.8 Å². The first-order chi connectivity index (χ1) is 19.5. The lowest BCUT2D eigenvalue weighted by molar-refractivity contribution is -0.140. The molecule has 0 spiro atoms. The minimum absolute atomic E-state index is 0.0823. The van der Waals surface area contributed by atoms with Crippen LogP contribution in [0.5, 0.6) is 0 Å². The van der Waals surface area contributed by atoms with Crippen molar-refractivity contribution < 1.29 is 18.0 Å². The third-order valence-corrected chi connectivity index (χ3v) is 8.89. The lowest BCUT2D eigenvalue weighted by Gasteiger charge is -2.34. The second-order valence-electron chi connectivity index (χ2n) is 11.2. The van der Waals surface area contributed by atoms with E-state index in [1.54, 1.807) is 4.90 Å². The van der Waals surface area contributed by atoms with Crippen molar-refractivity contribution in [2.24, 2.45) is 0 Å². The Hall–Kier alpha value is -3.65. The van der Waals surface area contributed by atoms with Crippen LogP contribution in [0.2, 0.25) is 0 Å². The van der Waals surface area contributed by atoms with E-state index in [0.29, 0.717) is 12.1 Å². The fraction of sp³-hybridized carbons (Fsp3) is 0.394. The summed E-state index contributed by atoms with van der Waals surface area (Å²) in [6.45, 7) is 5.43. The molecule has 0 aliphatic heterocycles. The van der Waals surface area contributed by atoms with E-state index in [9.17, 15) is 18.0 Å². The zero-order valence-corrected chi connectivity index (χ0v) is 25.3. The molecule has 7 nitrogen and oxygen atoms in total. The molecule has 1 saturated carbocycles. The monoisotopic (exact) mass is 575 g/mol. The average Bonchev–Trinajstić information content (AvgIpc) is 3.43. The lowest BCUT2D eigenvalue weighted by atomic mass is 10.0. The van der Waals surface area contributed by atoms with Crippen molar-refractivity contribution in [3.05, 3.63) is 101 Å². The minimum Gasteiger partial charge on any atom is -0.352 e.